The summed E-state index contributed by atoms with van der Waals surface area (Å²) in [6, 6.07) is 6.23. The summed E-state index contributed by atoms with van der Waals surface area (Å²) in [6.45, 7) is 1.58. The number of nitro benzene ring substituents is 1. The number of aryl methyl sites for hydroxylation is 1. The molecule has 22 heavy (non-hydrogen) atoms. The highest BCUT2D eigenvalue weighted by Gasteiger charge is 2.21. The van der Waals surface area contributed by atoms with Crippen LogP contribution in [0.3, 0.4) is 0 Å². The molecule has 0 spiro atoms. The summed E-state index contributed by atoms with van der Waals surface area (Å²) in [4.78, 5) is 9.42. The van der Waals surface area contributed by atoms with Crippen LogP contribution < -0.4 is 4.72 Å². The van der Waals surface area contributed by atoms with Crippen LogP contribution >= 0.6 is 0 Å². The predicted octanol–water partition coefficient (Wildman–Crippen LogP) is 2.55. The van der Waals surface area contributed by atoms with Crippen molar-refractivity contribution in [3.8, 4) is 5.75 Å². The molecule has 2 aromatic rings. The molecule has 2 aromatic carbocycles. The van der Waals surface area contributed by atoms with Crippen molar-refractivity contribution in [2.75, 3.05) is 4.72 Å². The van der Waals surface area contributed by atoms with Gasteiger partial charge in [0, 0.05) is 6.07 Å². The fourth-order valence-corrected chi connectivity index (χ4v) is 2.87. The lowest BCUT2D eigenvalue weighted by atomic mass is 10.2. The molecule has 0 aliphatic rings. The summed E-state index contributed by atoms with van der Waals surface area (Å²) >= 11 is 0. The highest BCUT2D eigenvalue weighted by molar-refractivity contribution is 7.92. The number of hydrogen-bond acceptors (Lipinski definition) is 5. The van der Waals surface area contributed by atoms with E-state index in [1.165, 1.54) is 12.1 Å². The van der Waals surface area contributed by atoms with Crippen molar-refractivity contribution in [3.63, 3.8) is 0 Å². The molecule has 2 rings (SSSR count). The molecular weight excluding hydrogens is 315 g/mol. The van der Waals surface area contributed by atoms with Gasteiger partial charge in [0.05, 0.1) is 15.5 Å². The van der Waals surface area contributed by atoms with Crippen molar-refractivity contribution in [3.05, 3.63) is 57.9 Å². The Balaban J connectivity index is 2.45. The van der Waals surface area contributed by atoms with E-state index in [9.17, 15) is 28.0 Å². The van der Waals surface area contributed by atoms with Gasteiger partial charge in [-0.2, -0.15) is 0 Å². The van der Waals surface area contributed by atoms with E-state index in [0.29, 0.717) is 5.56 Å². The van der Waals surface area contributed by atoms with Gasteiger partial charge in [-0.1, -0.05) is 6.07 Å². The van der Waals surface area contributed by atoms with E-state index in [-0.39, 0.29) is 5.69 Å². The summed E-state index contributed by atoms with van der Waals surface area (Å²) < 4.78 is 39.8. The number of rotatable bonds is 4. The molecule has 0 aromatic heterocycles. The first-order valence-corrected chi connectivity index (χ1v) is 7.45. The quantitative estimate of drug-likeness (QED) is 0.663. The molecule has 2 N–H and O–H groups in total. The number of anilines is 1. The van der Waals surface area contributed by atoms with Gasteiger partial charge < -0.3 is 5.11 Å². The largest absolute Gasteiger partial charge is 0.502 e. The lowest BCUT2D eigenvalue weighted by molar-refractivity contribution is -0.386. The van der Waals surface area contributed by atoms with E-state index in [2.05, 4.69) is 4.72 Å². The van der Waals surface area contributed by atoms with Crippen molar-refractivity contribution in [1.82, 2.24) is 0 Å². The van der Waals surface area contributed by atoms with Gasteiger partial charge in [0.2, 0.25) is 0 Å². The van der Waals surface area contributed by atoms with E-state index in [0.717, 1.165) is 24.3 Å². The summed E-state index contributed by atoms with van der Waals surface area (Å²) in [7, 11) is -4.16. The Hall–Kier alpha value is -2.68. The van der Waals surface area contributed by atoms with Crippen molar-refractivity contribution < 1.29 is 22.8 Å². The van der Waals surface area contributed by atoms with Crippen molar-refractivity contribution in [2.45, 2.75) is 11.8 Å². The van der Waals surface area contributed by atoms with E-state index >= 15 is 0 Å². The van der Waals surface area contributed by atoms with E-state index in [4.69, 9.17) is 0 Å². The second-order valence-corrected chi connectivity index (χ2v) is 6.15. The molecular formula is C13H11FN2O5S. The second-order valence-electron chi connectivity index (χ2n) is 4.47. The maximum Gasteiger partial charge on any atom is 0.312 e. The van der Waals surface area contributed by atoms with Crippen LogP contribution in [0.5, 0.6) is 5.75 Å². The van der Waals surface area contributed by atoms with Crippen LogP contribution in [0.1, 0.15) is 5.56 Å². The Morgan fingerprint density at radius 2 is 1.91 bits per heavy atom. The molecule has 9 heteroatoms. The SMILES string of the molecule is Cc1ccc(F)cc1NS(=O)(=O)c1ccc(O)c([N+](=O)[O-])c1. The highest BCUT2D eigenvalue weighted by atomic mass is 32.2. The van der Waals surface area contributed by atoms with Crippen LogP contribution in [0.4, 0.5) is 15.8 Å². The minimum absolute atomic E-state index is 0.0238. The number of halogens is 1. The number of benzene rings is 2. The molecule has 0 saturated carbocycles. The van der Waals surface area contributed by atoms with Crippen molar-refractivity contribution in [1.29, 1.82) is 0 Å². The van der Waals surface area contributed by atoms with Gasteiger partial charge in [0.15, 0.2) is 5.75 Å². The predicted molar refractivity (Wildman–Crippen MR) is 76.7 cm³/mol. The van der Waals surface area contributed by atoms with Crippen LogP contribution in [0.25, 0.3) is 0 Å². The van der Waals surface area contributed by atoms with Crippen LogP contribution in [0, 0.1) is 22.9 Å². The molecule has 0 unspecified atom stereocenters. The zero-order valence-electron chi connectivity index (χ0n) is 11.3. The van der Waals surface area contributed by atoms with Gasteiger partial charge in [-0.25, -0.2) is 12.8 Å². The summed E-state index contributed by atoms with van der Waals surface area (Å²) in [5.74, 6) is -1.27. The standard InChI is InChI=1S/C13H11FN2O5S/c1-8-2-3-9(14)6-11(8)15-22(20,21)10-4-5-13(17)12(7-10)16(18)19/h2-7,15,17H,1H3. The number of nitrogens with one attached hydrogen (secondary N) is 1. The summed E-state index contributed by atoms with van der Waals surface area (Å²) in [5, 5.41) is 20.1. The fourth-order valence-electron chi connectivity index (χ4n) is 1.72. The third-order valence-corrected chi connectivity index (χ3v) is 4.26. The molecule has 0 bridgehead atoms. The average Bonchev–Trinajstić information content (AvgIpc) is 2.42. The molecule has 0 aliphatic carbocycles. The first kappa shape index (κ1) is 15.7. The number of nitrogens with zero attached hydrogens (tertiary/aromatic N) is 1. The first-order chi connectivity index (χ1) is 10.2. The topological polar surface area (TPSA) is 110 Å². The lowest BCUT2D eigenvalue weighted by Gasteiger charge is -2.10. The van der Waals surface area contributed by atoms with E-state index in [1.54, 1.807) is 6.92 Å². The molecule has 0 aliphatic heterocycles. The van der Waals surface area contributed by atoms with Gasteiger partial charge in [-0.15, -0.1) is 0 Å². The number of sulfonamides is 1. The van der Waals surface area contributed by atoms with Crippen LogP contribution in [0.2, 0.25) is 0 Å². The second kappa shape index (κ2) is 5.60. The highest BCUT2D eigenvalue weighted by Crippen LogP contribution is 2.29. The minimum Gasteiger partial charge on any atom is -0.502 e. The smallest absolute Gasteiger partial charge is 0.312 e. The maximum atomic E-state index is 13.2. The number of aromatic hydroxyl groups is 1. The van der Waals surface area contributed by atoms with Gasteiger partial charge in [0.1, 0.15) is 5.82 Å². The molecule has 0 fully saturated rings. The lowest BCUT2D eigenvalue weighted by Crippen LogP contribution is -2.14. The maximum absolute atomic E-state index is 13.2. The Kier molecular flexibility index (Phi) is 4.00. The number of nitro groups is 1. The third-order valence-electron chi connectivity index (χ3n) is 2.90. The van der Waals surface area contributed by atoms with Crippen LogP contribution in [-0.2, 0) is 10.0 Å². The van der Waals surface area contributed by atoms with Gasteiger partial charge in [-0.05, 0) is 36.8 Å². The molecule has 7 nitrogen and oxygen atoms in total. The molecule has 0 heterocycles. The minimum atomic E-state index is -4.16. The molecule has 0 radical (unpaired) electrons. The van der Waals surface area contributed by atoms with E-state index in [1.807, 2.05) is 0 Å². The molecule has 0 amide bonds. The molecule has 0 saturated heterocycles. The third kappa shape index (κ3) is 3.14. The summed E-state index contributed by atoms with van der Waals surface area (Å²) in [6.07, 6.45) is 0. The zero-order chi connectivity index (χ0) is 16.5. The monoisotopic (exact) mass is 326 g/mol. The first-order valence-electron chi connectivity index (χ1n) is 5.97. The number of hydrogen-bond donors (Lipinski definition) is 2. The van der Waals surface area contributed by atoms with Gasteiger partial charge >= 0.3 is 5.69 Å². The Morgan fingerprint density at radius 1 is 1.23 bits per heavy atom. The fraction of sp³-hybridized carbons (Fsp3) is 0.0769. The molecule has 116 valence electrons. The normalized spacial score (nSPS) is 11.2. The number of phenolic OH excluding ortho intramolecular Hbond substituents is 1. The van der Waals surface area contributed by atoms with Crippen molar-refractivity contribution in [2.24, 2.45) is 0 Å². The average molecular weight is 326 g/mol. The Bertz CT molecular complexity index is 852. The van der Waals surface area contributed by atoms with Crippen LogP contribution in [0.15, 0.2) is 41.3 Å². The number of phenols is 1. The van der Waals surface area contributed by atoms with E-state index < -0.39 is 37.1 Å². The van der Waals surface area contributed by atoms with Crippen molar-refractivity contribution >= 4 is 21.4 Å². The van der Waals surface area contributed by atoms with Gasteiger partial charge in [0.25, 0.3) is 10.0 Å². The Labute approximate surface area is 125 Å². The summed E-state index contributed by atoms with van der Waals surface area (Å²) in [5.41, 5.74) is -0.229. The zero-order valence-corrected chi connectivity index (χ0v) is 12.1. The Morgan fingerprint density at radius 3 is 2.55 bits per heavy atom. The van der Waals surface area contributed by atoms with Gasteiger partial charge in [-0.3, -0.25) is 14.8 Å². The van der Waals surface area contributed by atoms with Crippen LogP contribution in [-0.4, -0.2) is 18.4 Å². The molecule has 0 atom stereocenters.